The lowest BCUT2D eigenvalue weighted by atomic mass is 9.94. The van der Waals surface area contributed by atoms with E-state index in [1.54, 1.807) is 23.3 Å². The Morgan fingerprint density at radius 2 is 2.18 bits per heavy atom. The monoisotopic (exact) mass is 374 g/mol. The van der Waals surface area contributed by atoms with Crippen LogP contribution in [0.4, 0.5) is 5.69 Å². The second-order valence-corrected chi connectivity index (χ2v) is 7.36. The second-order valence-electron chi connectivity index (χ2n) is 7.36. The molecule has 0 spiro atoms. The van der Waals surface area contributed by atoms with E-state index in [9.17, 15) is 10.1 Å². The molecule has 0 bridgehead atoms. The Balaban J connectivity index is 1.55. The van der Waals surface area contributed by atoms with E-state index in [-0.39, 0.29) is 18.5 Å². The predicted octanol–water partition coefficient (Wildman–Crippen LogP) is 2.33. The lowest BCUT2D eigenvalue weighted by Gasteiger charge is -2.38. The van der Waals surface area contributed by atoms with Gasteiger partial charge in [-0.1, -0.05) is 6.92 Å². The highest BCUT2D eigenvalue weighted by atomic mass is 16.2. The number of pyridine rings is 1. The molecule has 1 aromatic carbocycles. The summed E-state index contributed by atoms with van der Waals surface area (Å²) < 4.78 is 1.62. The van der Waals surface area contributed by atoms with Crippen LogP contribution in [0.2, 0.25) is 0 Å². The molecule has 0 aliphatic carbocycles. The molecule has 1 fully saturated rings. The molecule has 28 heavy (non-hydrogen) atoms. The zero-order valence-corrected chi connectivity index (χ0v) is 15.7. The molecule has 2 atom stereocenters. The second kappa shape index (κ2) is 7.69. The van der Waals surface area contributed by atoms with Crippen molar-refractivity contribution in [2.45, 2.75) is 25.9 Å². The van der Waals surface area contributed by atoms with Crippen molar-refractivity contribution in [1.82, 2.24) is 20.1 Å². The third-order valence-electron chi connectivity index (χ3n) is 5.10. The number of aromatic nitrogens is 3. The molecule has 1 aliphatic heterocycles. The molecule has 3 heterocycles. The van der Waals surface area contributed by atoms with E-state index in [0.29, 0.717) is 11.5 Å². The van der Waals surface area contributed by atoms with Gasteiger partial charge in [-0.3, -0.25) is 14.5 Å². The molecule has 0 unspecified atom stereocenters. The number of piperidine rings is 1. The van der Waals surface area contributed by atoms with Gasteiger partial charge < -0.3 is 10.2 Å². The third-order valence-corrected chi connectivity index (χ3v) is 5.10. The van der Waals surface area contributed by atoms with Gasteiger partial charge in [-0.05, 0) is 42.7 Å². The van der Waals surface area contributed by atoms with Crippen molar-refractivity contribution in [3.05, 3.63) is 54.5 Å². The number of anilines is 1. The van der Waals surface area contributed by atoms with Crippen LogP contribution >= 0.6 is 0 Å². The van der Waals surface area contributed by atoms with Gasteiger partial charge in [0.15, 0.2) is 0 Å². The van der Waals surface area contributed by atoms with E-state index >= 15 is 0 Å². The maximum Gasteiger partial charge on any atom is 0.242 e. The molecule has 0 saturated carbocycles. The van der Waals surface area contributed by atoms with Crippen molar-refractivity contribution in [1.29, 1.82) is 5.26 Å². The number of hydrogen-bond acceptors (Lipinski definition) is 5. The molecule has 2 aromatic heterocycles. The van der Waals surface area contributed by atoms with Gasteiger partial charge in [0.25, 0.3) is 0 Å². The van der Waals surface area contributed by atoms with Gasteiger partial charge in [-0.15, -0.1) is 0 Å². The molecule has 4 rings (SSSR count). The van der Waals surface area contributed by atoms with Crippen molar-refractivity contribution < 1.29 is 4.79 Å². The Labute approximate surface area is 163 Å². The first kappa shape index (κ1) is 18.0. The summed E-state index contributed by atoms with van der Waals surface area (Å²) in [7, 11) is 0. The van der Waals surface area contributed by atoms with Gasteiger partial charge in [-0.2, -0.15) is 10.4 Å². The standard InChI is InChI=1S/C21H22N6O/c1-15-10-17(25-20(28)14-27-9-3-8-24-27)13-26(12-15)19-6-5-16(11-22)21-18(19)4-2-7-23-21/h2-9,15,17H,10,12-14H2,1H3,(H,25,28)/t15-,17+/m0/s1. The lowest BCUT2D eigenvalue weighted by Crippen LogP contribution is -2.51. The number of nitriles is 1. The Bertz CT molecular complexity index is 1020. The number of rotatable bonds is 4. The van der Waals surface area contributed by atoms with Gasteiger partial charge in [0, 0.05) is 48.8 Å². The number of carbonyl (C=O) groups is 1. The Morgan fingerprint density at radius 1 is 1.29 bits per heavy atom. The van der Waals surface area contributed by atoms with Crippen molar-refractivity contribution in [2.75, 3.05) is 18.0 Å². The molecule has 7 nitrogen and oxygen atoms in total. The van der Waals surface area contributed by atoms with Crippen LogP contribution in [0.1, 0.15) is 18.9 Å². The molecular weight excluding hydrogens is 352 g/mol. The van der Waals surface area contributed by atoms with Crippen molar-refractivity contribution in [2.24, 2.45) is 5.92 Å². The van der Waals surface area contributed by atoms with E-state index in [1.165, 1.54) is 0 Å². The van der Waals surface area contributed by atoms with E-state index in [1.807, 2.05) is 30.3 Å². The maximum atomic E-state index is 12.4. The van der Waals surface area contributed by atoms with Crippen LogP contribution in [-0.2, 0) is 11.3 Å². The number of fused-ring (bicyclic) bond motifs is 1. The third kappa shape index (κ3) is 3.67. The summed E-state index contributed by atoms with van der Waals surface area (Å²) in [4.78, 5) is 19.1. The highest BCUT2D eigenvalue weighted by Crippen LogP contribution is 2.31. The van der Waals surface area contributed by atoms with E-state index < -0.39 is 0 Å². The fourth-order valence-electron chi connectivity index (χ4n) is 3.99. The average Bonchev–Trinajstić information content (AvgIpc) is 3.19. The minimum absolute atomic E-state index is 0.0332. The minimum Gasteiger partial charge on any atom is -0.369 e. The SMILES string of the molecule is C[C@H]1C[C@@H](NC(=O)Cn2cccn2)CN(c2ccc(C#N)c3ncccc23)C1. The quantitative estimate of drug-likeness (QED) is 0.757. The molecule has 1 aliphatic rings. The van der Waals surface area contributed by atoms with Crippen LogP contribution in [0.3, 0.4) is 0 Å². The van der Waals surface area contributed by atoms with Crippen molar-refractivity contribution >= 4 is 22.5 Å². The zero-order chi connectivity index (χ0) is 19.5. The van der Waals surface area contributed by atoms with Crippen LogP contribution in [0.25, 0.3) is 10.9 Å². The van der Waals surface area contributed by atoms with E-state index in [0.717, 1.165) is 36.1 Å². The van der Waals surface area contributed by atoms with Gasteiger partial charge in [-0.25, -0.2) is 0 Å². The van der Waals surface area contributed by atoms with E-state index in [2.05, 4.69) is 33.3 Å². The molecule has 3 aromatic rings. The Hall–Kier alpha value is -3.40. The van der Waals surface area contributed by atoms with Crippen LogP contribution in [0, 0.1) is 17.2 Å². The largest absolute Gasteiger partial charge is 0.369 e. The fraction of sp³-hybridized carbons (Fsp3) is 0.333. The number of benzene rings is 1. The Kier molecular flexibility index (Phi) is 4.94. The summed E-state index contributed by atoms with van der Waals surface area (Å²) in [6, 6.07) is 11.8. The first-order valence-electron chi connectivity index (χ1n) is 9.43. The summed E-state index contributed by atoms with van der Waals surface area (Å²) in [6.07, 6.45) is 6.10. The first-order valence-corrected chi connectivity index (χ1v) is 9.43. The van der Waals surface area contributed by atoms with Crippen LogP contribution < -0.4 is 10.2 Å². The molecule has 1 N–H and O–H groups in total. The molecule has 1 amide bonds. The summed E-state index contributed by atoms with van der Waals surface area (Å²) in [5.74, 6) is 0.403. The summed E-state index contributed by atoms with van der Waals surface area (Å²) >= 11 is 0. The zero-order valence-electron chi connectivity index (χ0n) is 15.7. The summed E-state index contributed by atoms with van der Waals surface area (Å²) in [6.45, 7) is 4.05. The summed E-state index contributed by atoms with van der Waals surface area (Å²) in [5, 5.41) is 17.6. The highest BCUT2D eigenvalue weighted by Gasteiger charge is 2.27. The topological polar surface area (TPSA) is 86.8 Å². The fourth-order valence-corrected chi connectivity index (χ4v) is 3.99. The number of hydrogen-bond donors (Lipinski definition) is 1. The normalized spacial score (nSPS) is 19.4. The molecule has 7 heteroatoms. The number of carbonyl (C=O) groups excluding carboxylic acids is 1. The smallest absolute Gasteiger partial charge is 0.242 e. The lowest BCUT2D eigenvalue weighted by molar-refractivity contribution is -0.122. The van der Waals surface area contributed by atoms with Gasteiger partial charge in [0.2, 0.25) is 5.91 Å². The van der Waals surface area contributed by atoms with Gasteiger partial charge in [0.05, 0.1) is 11.1 Å². The minimum atomic E-state index is -0.0332. The van der Waals surface area contributed by atoms with Crippen LogP contribution in [-0.4, -0.2) is 39.8 Å². The van der Waals surface area contributed by atoms with Crippen LogP contribution in [0.15, 0.2) is 48.9 Å². The predicted molar refractivity (Wildman–Crippen MR) is 107 cm³/mol. The van der Waals surface area contributed by atoms with Gasteiger partial charge >= 0.3 is 0 Å². The molecule has 142 valence electrons. The number of amides is 1. The van der Waals surface area contributed by atoms with Gasteiger partial charge in [0.1, 0.15) is 12.6 Å². The molecular formula is C21H22N6O. The highest BCUT2D eigenvalue weighted by molar-refractivity contribution is 5.95. The molecule has 0 radical (unpaired) electrons. The molecule has 1 saturated heterocycles. The summed E-state index contributed by atoms with van der Waals surface area (Å²) in [5.41, 5.74) is 2.36. The average molecular weight is 374 g/mol. The van der Waals surface area contributed by atoms with Crippen LogP contribution in [0.5, 0.6) is 0 Å². The number of nitrogens with zero attached hydrogens (tertiary/aromatic N) is 5. The van der Waals surface area contributed by atoms with E-state index in [4.69, 9.17) is 0 Å². The Morgan fingerprint density at radius 3 is 2.96 bits per heavy atom. The van der Waals surface area contributed by atoms with Crippen molar-refractivity contribution in [3.8, 4) is 6.07 Å². The maximum absolute atomic E-state index is 12.4. The first-order chi connectivity index (χ1) is 13.6. The number of nitrogens with one attached hydrogen (secondary N) is 1. The van der Waals surface area contributed by atoms with Crippen molar-refractivity contribution in [3.63, 3.8) is 0 Å².